The molecular weight excluding hydrogens is 320 g/mol. The van der Waals surface area contributed by atoms with Gasteiger partial charge < -0.3 is 15.4 Å². The normalized spacial score (nSPS) is 13.6. The number of hydrogen-bond donors (Lipinski definition) is 2. The number of hydrogen-bond acceptors (Lipinski definition) is 3. The van der Waals surface area contributed by atoms with E-state index in [9.17, 15) is 4.79 Å². The molecule has 1 aliphatic rings. The molecule has 2 N–H and O–H groups in total. The predicted octanol–water partition coefficient (Wildman–Crippen LogP) is 1.83. The summed E-state index contributed by atoms with van der Waals surface area (Å²) in [6.07, 6.45) is 7.61. The van der Waals surface area contributed by atoms with Gasteiger partial charge in [0.1, 0.15) is 5.75 Å². The molecule has 0 heterocycles. The molecule has 1 aliphatic carbocycles. The van der Waals surface area contributed by atoms with E-state index in [0.29, 0.717) is 11.8 Å². The zero-order valence-electron chi connectivity index (χ0n) is 11.1. The molecule has 0 radical (unpaired) electrons. The van der Waals surface area contributed by atoms with Crippen molar-refractivity contribution >= 4 is 21.8 Å². The molecule has 1 aromatic carbocycles. The number of ether oxygens (including phenoxy) is 1. The number of carbonyl (C=O) groups excluding carboxylic acids is 1. The van der Waals surface area contributed by atoms with E-state index in [1.165, 1.54) is 18.4 Å². The number of halogens is 1. The molecule has 5 heteroatoms. The van der Waals surface area contributed by atoms with Crippen LogP contribution in [-0.2, 0) is 11.3 Å². The topological polar surface area (TPSA) is 50.4 Å². The van der Waals surface area contributed by atoms with Crippen LogP contribution in [0.15, 0.2) is 22.7 Å². The largest absolute Gasteiger partial charge is 0.483 e. The molecule has 4 nitrogen and oxygen atoms in total. The molecular formula is C15H17BrN2O2. The van der Waals surface area contributed by atoms with Gasteiger partial charge in [-0.2, -0.15) is 0 Å². The maximum atomic E-state index is 11.4. The van der Waals surface area contributed by atoms with E-state index in [-0.39, 0.29) is 19.1 Å². The Morgan fingerprint density at radius 1 is 1.50 bits per heavy atom. The van der Waals surface area contributed by atoms with Crippen molar-refractivity contribution in [3.8, 4) is 18.1 Å². The van der Waals surface area contributed by atoms with E-state index < -0.39 is 0 Å². The second-order valence-electron chi connectivity index (χ2n) is 4.69. The van der Waals surface area contributed by atoms with Gasteiger partial charge in [0.05, 0.1) is 11.0 Å². The van der Waals surface area contributed by atoms with Crippen LogP contribution in [0.2, 0.25) is 0 Å². The van der Waals surface area contributed by atoms with Crippen LogP contribution in [0.25, 0.3) is 0 Å². The molecule has 0 atom stereocenters. The fourth-order valence-corrected chi connectivity index (χ4v) is 2.21. The van der Waals surface area contributed by atoms with Crippen molar-refractivity contribution in [1.82, 2.24) is 10.6 Å². The highest BCUT2D eigenvalue weighted by Gasteiger charge is 2.20. The van der Waals surface area contributed by atoms with Gasteiger partial charge in [-0.25, -0.2) is 0 Å². The molecule has 2 rings (SSSR count). The molecule has 0 aromatic heterocycles. The highest BCUT2D eigenvalue weighted by molar-refractivity contribution is 9.10. The van der Waals surface area contributed by atoms with Crippen LogP contribution in [0.3, 0.4) is 0 Å². The molecule has 1 aromatic rings. The summed E-state index contributed by atoms with van der Waals surface area (Å²) < 4.78 is 6.29. The Hall–Kier alpha value is -1.51. The lowest BCUT2D eigenvalue weighted by atomic mass is 10.2. The first-order chi connectivity index (χ1) is 9.69. The van der Waals surface area contributed by atoms with Gasteiger partial charge in [0.15, 0.2) is 6.61 Å². The molecule has 0 saturated heterocycles. The van der Waals surface area contributed by atoms with Crippen molar-refractivity contribution in [2.75, 3.05) is 13.2 Å². The molecule has 1 amide bonds. The molecule has 1 fully saturated rings. The number of amides is 1. The van der Waals surface area contributed by atoms with Crippen molar-refractivity contribution in [2.24, 2.45) is 0 Å². The number of nitrogens with one attached hydrogen (secondary N) is 2. The first-order valence-corrected chi connectivity index (χ1v) is 7.33. The van der Waals surface area contributed by atoms with Crippen molar-refractivity contribution in [3.63, 3.8) is 0 Å². The van der Waals surface area contributed by atoms with Crippen LogP contribution in [0.5, 0.6) is 5.75 Å². The Balaban J connectivity index is 1.82. The third-order valence-corrected chi connectivity index (χ3v) is 3.53. The molecule has 106 valence electrons. The van der Waals surface area contributed by atoms with Gasteiger partial charge in [-0.05, 0) is 46.5 Å². The van der Waals surface area contributed by atoms with E-state index in [1.807, 2.05) is 18.2 Å². The average molecular weight is 337 g/mol. The first-order valence-electron chi connectivity index (χ1n) is 6.54. The molecule has 1 saturated carbocycles. The first kappa shape index (κ1) is 14.9. The summed E-state index contributed by atoms with van der Waals surface area (Å²) in [5.41, 5.74) is 1.19. The van der Waals surface area contributed by atoms with Gasteiger partial charge in [-0.15, -0.1) is 6.42 Å². The van der Waals surface area contributed by atoms with Crippen LogP contribution in [0, 0.1) is 12.3 Å². The van der Waals surface area contributed by atoms with E-state index in [4.69, 9.17) is 11.2 Å². The third kappa shape index (κ3) is 4.87. The summed E-state index contributed by atoms with van der Waals surface area (Å²) in [6.45, 7) is 1.03. The highest BCUT2D eigenvalue weighted by Crippen LogP contribution is 2.26. The van der Waals surface area contributed by atoms with Crippen LogP contribution >= 0.6 is 15.9 Å². The molecule has 0 aliphatic heterocycles. The summed E-state index contributed by atoms with van der Waals surface area (Å²) in [6, 6.07) is 6.55. The molecule has 0 spiro atoms. The van der Waals surface area contributed by atoms with Gasteiger partial charge >= 0.3 is 0 Å². The second kappa shape index (κ2) is 7.32. The Morgan fingerprint density at radius 3 is 2.95 bits per heavy atom. The number of rotatable bonds is 7. The smallest absolute Gasteiger partial charge is 0.258 e. The van der Waals surface area contributed by atoms with Gasteiger partial charge in [-0.1, -0.05) is 12.0 Å². The quantitative estimate of drug-likeness (QED) is 0.747. The maximum Gasteiger partial charge on any atom is 0.258 e. The minimum absolute atomic E-state index is 0.0417. The summed E-state index contributed by atoms with van der Waals surface area (Å²) >= 11 is 3.46. The SMILES string of the molecule is C#CCNC(=O)COc1ccc(CNC2CC2)cc1Br. The van der Waals surface area contributed by atoms with Gasteiger partial charge in [-0.3, -0.25) is 4.79 Å². The monoisotopic (exact) mass is 336 g/mol. The summed E-state index contributed by atoms with van der Waals surface area (Å²) in [5, 5.41) is 6.00. The molecule has 0 unspecified atom stereocenters. The van der Waals surface area contributed by atoms with E-state index in [0.717, 1.165) is 11.0 Å². The van der Waals surface area contributed by atoms with E-state index in [1.54, 1.807) is 0 Å². The summed E-state index contributed by atoms with van der Waals surface area (Å²) in [4.78, 5) is 11.4. The fourth-order valence-electron chi connectivity index (χ4n) is 1.66. The van der Waals surface area contributed by atoms with Crippen molar-refractivity contribution in [3.05, 3.63) is 28.2 Å². The molecule has 0 bridgehead atoms. The minimum atomic E-state index is -0.227. The molecule has 20 heavy (non-hydrogen) atoms. The lowest BCUT2D eigenvalue weighted by Gasteiger charge is -2.10. The van der Waals surface area contributed by atoms with Crippen LogP contribution in [-0.4, -0.2) is 25.1 Å². The van der Waals surface area contributed by atoms with Crippen LogP contribution < -0.4 is 15.4 Å². The van der Waals surface area contributed by atoms with Gasteiger partial charge in [0.2, 0.25) is 0 Å². The average Bonchev–Trinajstić information content (AvgIpc) is 3.26. The summed E-state index contributed by atoms with van der Waals surface area (Å²) in [7, 11) is 0. The number of carbonyl (C=O) groups is 1. The Bertz CT molecular complexity index is 521. The Morgan fingerprint density at radius 2 is 2.30 bits per heavy atom. The predicted molar refractivity (Wildman–Crippen MR) is 81.3 cm³/mol. The van der Waals surface area contributed by atoms with Gasteiger partial charge in [0, 0.05) is 12.6 Å². The third-order valence-electron chi connectivity index (χ3n) is 2.91. The van der Waals surface area contributed by atoms with Crippen molar-refractivity contribution < 1.29 is 9.53 Å². The van der Waals surface area contributed by atoms with Crippen molar-refractivity contribution in [1.29, 1.82) is 0 Å². The lowest BCUT2D eigenvalue weighted by Crippen LogP contribution is -2.29. The highest BCUT2D eigenvalue weighted by atomic mass is 79.9. The van der Waals surface area contributed by atoms with Crippen LogP contribution in [0.1, 0.15) is 18.4 Å². The van der Waals surface area contributed by atoms with Crippen molar-refractivity contribution in [2.45, 2.75) is 25.4 Å². The zero-order valence-corrected chi connectivity index (χ0v) is 12.7. The Labute approximate surface area is 127 Å². The maximum absolute atomic E-state index is 11.4. The van der Waals surface area contributed by atoms with Gasteiger partial charge in [0.25, 0.3) is 5.91 Å². The standard InChI is InChI=1S/C15H17BrN2O2/c1-2-7-17-15(19)10-20-14-6-3-11(8-13(14)16)9-18-12-4-5-12/h1,3,6,8,12,18H,4-5,7,9-10H2,(H,17,19). The Kier molecular flexibility index (Phi) is 5.45. The van der Waals surface area contributed by atoms with E-state index >= 15 is 0 Å². The zero-order chi connectivity index (χ0) is 14.4. The lowest BCUT2D eigenvalue weighted by molar-refractivity contribution is -0.122. The number of benzene rings is 1. The number of terminal acetylenes is 1. The fraction of sp³-hybridized carbons (Fsp3) is 0.400. The summed E-state index contributed by atoms with van der Waals surface area (Å²) in [5.74, 6) is 2.76. The minimum Gasteiger partial charge on any atom is -0.483 e. The van der Waals surface area contributed by atoms with Crippen LogP contribution in [0.4, 0.5) is 0 Å². The second-order valence-corrected chi connectivity index (χ2v) is 5.54. The van der Waals surface area contributed by atoms with E-state index in [2.05, 4.69) is 32.5 Å².